The topological polar surface area (TPSA) is 38.0 Å². The fourth-order valence-corrected chi connectivity index (χ4v) is 1.95. The number of anilines is 2. The van der Waals surface area contributed by atoms with Gasteiger partial charge in [0.05, 0.1) is 11.4 Å². The average Bonchev–Trinajstić information content (AvgIpc) is 2.37. The number of benzene rings is 2. The van der Waals surface area contributed by atoms with Crippen LogP contribution in [0.4, 0.5) is 20.2 Å². The molecule has 0 bridgehead atoms. The van der Waals surface area contributed by atoms with Crippen LogP contribution < -0.4 is 11.1 Å². The molecule has 0 heterocycles. The van der Waals surface area contributed by atoms with E-state index in [1.165, 1.54) is 17.2 Å². The zero-order chi connectivity index (χ0) is 13.8. The highest BCUT2D eigenvalue weighted by Gasteiger charge is 2.07. The number of hydrogen-bond donors (Lipinski definition) is 2. The monoisotopic (exact) mass is 262 g/mol. The number of halogens is 2. The minimum Gasteiger partial charge on any atom is -0.395 e. The fourth-order valence-electron chi connectivity index (χ4n) is 1.95. The Hall–Kier alpha value is -2.10. The predicted octanol–water partition coefficient (Wildman–Crippen LogP) is 3.51. The van der Waals surface area contributed by atoms with Gasteiger partial charge in [-0.05, 0) is 30.5 Å². The molecule has 0 spiro atoms. The molecular weight excluding hydrogens is 246 g/mol. The molecule has 19 heavy (non-hydrogen) atoms. The van der Waals surface area contributed by atoms with Gasteiger partial charge in [0.2, 0.25) is 0 Å². The van der Waals surface area contributed by atoms with Gasteiger partial charge in [-0.2, -0.15) is 0 Å². The highest BCUT2D eigenvalue weighted by atomic mass is 19.1. The van der Waals surface area contributed by atoms with Crippen molar-refractivity contribution in [2.75, 3.05) is 17.6 Å². The average molecular weight is 262 g/mol. The molecule has 0 aliphatic heterocycles. The Morgan fingerprint density at radius 3 is 2.63 bits per heavy atom. The van der Waals surface area contributed by atoms with Gasteiger partial charge in [-0.1, -0.05) is 24.3 Å². The zero-order valence-corrected chi connectivity index (χ0v) is 10.7. The third-order valence-electron chi connectivity index (χ3n) is 3.07. The lowest BCUT2D eigenvalue weighted by atomic mass is 10.1. The van der Waals surface area contributed by atoms with Crippen molar-refractivity contribution in [2.24, 2.45) is 0 Å². The summed E-state index contributed by atoms with van der Waals surface area (Å²) in [5.41, 5.74) is 8.20. The summed E-state index contributed by atoms with van der Waals surface area (Å²) in [5.74, 6) is -1.37. The van der Waals surface area contributed by atoms with Crippen molar-refractivity contribution in [2.45, 2.75) is 13.3 Å². The largest absolute Gasteiger partial charge is 0.395 e. The maximum atomic E-state index is 13.2. The Labute approximate surface area is 111 Å². The molecular formula is C15H16F2N2. The fraction of sp³-hybridized carbons (Fsp3) is 0.200. The molecule has 0 aliphatic rings. The van der Waals surface area contributed by atoms with Crippen molar-refractivity contribution < 1.29 is 8.78 Å². The van der Waals surface area contributed by atoms with Crippen molar-refractivity contribution in [1.82, 2.24) is 0 Å². The molecule has 0 saturated carbocycles. The second-order valence-corrected chi connectivity index (χ2v) is 4.45. The number of aryl methyl sites for hydroxylation is 1. The summed E-state index contributed by atoms with van der Waals surface area (Å²) in [5, 5.41) is 2.97. The first-order valence-electron chi connectivity index (χ1n) is 6.11. The molecule has 2 nitrogen and oxygen atoms in total. The normalized spacial score (nSPS) is 10.5. The molecule has 3 N–H and O–H groups in total. The molecule has 0 fully saturated rings. The van der Waals surface area contributed by atoms with Crippen LogP contribution in [0.25, 0.3) is 0 Å². The van der Waals surface area contributed by atoms with Crippen LogP contribution in [0.5, 0.6) is 0 Å². The highest BCUT2D eigenvalue weighted by Crippen LogP contribution is 2.23. The van der Waals surface area contributed by atoms with Gasteiger partial charge in [-0.15, -0.1) is 0 Å². The van der Waals surface area contributed by atoms with E-state index in [-0.39, 0.29) is 5.69 Å². The van der Waals surface area contributed by atoms with Crippen molar-refractivity contribution >= 4 is 11.4 Å². The van der Waals surface area contributed by atoms with Gasteiger partial charge in [0.15, 0.2) is 5.82 Å². The summed E-state index contributed by atoms with van der Waals surface area (Å²) >= 11 is 0. The summed E-state index contributed by atoms with van der Waals surface area (Å²) in [6.45, 7) is 2.60. The van der Waals surface area contributed by atoms with Gasteiger partial charge < -0.3 is 11.1 Å². The van der Waals surface area contributed by atoms with E-state index in [1.807, 2.05) is 31.2 Å². The molecule has 2 rings (SSSR count). The summed E-state index contributed by atoms with van der Waals surface area (Å²) in [6.07, 6.45) is 0.768. The van der Waals surface area contributed by atoms with Crippen LogP contribution in [0.15, 0.2) is 36.4 Å². The van der Waals surface area contributed by atoms with Crippen LogP contribution >= 0.6 is 0 Å². The molecule has 0 aromatic heterocycles. The molecule has 2 aromatic rings. The molecule has 100 valence electrons. The van der Waals surface area contributed by atoms with Gasteiger partial charge in [-0.3, -0.25) is 0 Å². The van der Waals surface area contributed by atoms with Crippen molar-refractivity contribution in [3.8, 4) is 0 Å². The molecule has 4 heteroatoms. The lowest BCUT2D eigenvalue weighted by Gasteiger charge is -2.11. The Bertz CT molecular complexity index is 582. The lowest BCUT2D eigenvalue weighted by Crippen LogP contribution is -2.09. The van der Waals surface area contributed by atoms with Gasteiger partial charge in [0.25, 0.3) is 0 Å². The summed E-state index contributed by atoms with van der Waals surface area (Å²) in [7, 11) is 0. The van der Waals surface area contributed by atoms with E-state index in [0.717, 1.165) is 12.5 Å². The number of nitrogens with one attached hydrogen (secondary N) is 1. The van der Waals surface area contributed by atoms with Crippen LogP contribution in [0.2, 0.25) is 0 Å². The van der Waals surface area contributed by atoms with E-state index < -0.39 is 11.6 Å². The van der Waals surface area contributed by atoms with Crippen LogP contribution in [0.3, 0.4) is 0 Å². The Balaban J connectivity index is 2.02. The third kappa shape index (κ3) is 3.22. The standard InChI is InChI=1S/C15H16F2N2/c1-10-4-2-3-5-11(10)6-7-19-14-9-12(16)8-13(17)15(14)18/h2-5,8-9,19H,6-7,18H2,1H3. The maximum absolute atomic E-state index is 13.2. The van der Waals surface area contributed by atoms with Crippen LogP contribution in [0.1, 0.15) is 11.1 Å². The summed E-state index contributed by atoms with van der Waals surface area (Å²) in [4.78, 5) is 0. The van der Waals surface area contributed by atoms with E-state index in [2.05, 4.69) is 5.32 Å². The summed E-state index contributed by atoms with van der Waals surface area (Å²) in [6, 6.07) is 10.0. The Kier molecular flexibility index (Phi) is 4.00. The first kappa shape index (κ1) is 13.3. The van der Waals surface area contributed by atoms with E-state index in [1.54, 1.807) is 0 Å². The molecule has 2 aromatic carbocycles. The minimum atomic E-state index is -0.738. The number of hydrogen-bond acceptors (Lipinski definition) is 2. The molecule has 0 amide bonds. The molecule has 0 saturated heterocycles. The first-order chi connectivity index (χ1) is 9.08. The van der Waals surface area contributed by atoms with Gasteiger partial charge in [0, 0.05) is 12.6 Å². The van der Waals surface area contributed by atoms with Crippen LogP contribution in [-0.4, -0.2) is 6.54 Å². The van der Waals surface area contributed by atoms with E-state index in [4.69, 9.17) is 5.73 Å². The quantitative estimate of drug-likeness (QED) is 0.827. The van der Waals surface area contributed by atoms with Crippen molar-refractivity contribution in [3.05, 3.63) is 59.2 Å². The smallest absolute Gasteiger partial charge is 0.151 e. The number of nitrogen functional groups attached to an aromatic ring is 1. The second kappa shape index (κ2) is 5.69. The van der Waals surface area contributed by atoms with Crippen molar-refractivity contribution in [1.29, 1.82) is 0 Å². The Morgan fingerprint density at radius 1 is 1.16 bits per heavy atom. The van der Waals surface area contributed by atoms with Crippen LogP contribution in [0, 0.1) is 18.6 Å². The molecule has 0 unspecified atom stereocenters. The molecule has 0 aliphatic carbocycles. The van der Waals surface area contributed by atoms with E-state index in [0.29, 0.717) is 12.2 Å². The lowest BCUT2D eigenvalue weighted by molar-refractivity contribution is 0.587. The molecule has 0 radical (unpaired) electrons. The summed E-state index contributed by atoms with van der Waals surface area (Å²) < 4.78 is 26.3. The SMILES string of the molecule is Cc1ccccc1CCNc1cc(F)cc(F)c1N. The van der Waals surface area contributed by atoms with Crippen LogP contribution in [-0.2, 0) is 6.42 Å². The zero-order valence-electron chi connectivity index (χ0n) is 10.7. The maximum Gasteiger partial charge on any atom is 0.151 e. The Morgan fingerprint density at radius 2 is 1.89 bits per heavy atom. The first-order valence-corrected chi connectivity index (χ1v) is 6.11. The molecule has 0 atom stereocenters. The number of rotatable bonds is 4. The second-order valence-electron chi connectivity index (χ2n) is 4.45. The minimum absolute atomic E-state index is 0.0498. The van der Waals surface area contributed by atoms with Gasteiger partial charge in [-0.25, -0.2) is 8.78 Å². The predicted molar refractivity (Wildman–Crippen MR) is 74.1 cm³/mol. The highest BCUT2D eigenvalue weighted by molar-refractivity contribution is 5.66. The van der Waals surface area contributed by atoms with E-state index >= 15 is 0 Å². The van der Waals surface area contributed by atoms with E-state index in [9.17, 15) is 8.78 Å². The number of nitrogens with two attached hydrogens (primary N) is 1. The third-order valence-corrected chi connectivity index (χ3v) is 3.07. The van der Waals surface area contributed by atoms with Gasteiger partial charge >= 0.3 is 0 Å². The van der Waals surface area contributed by atoms with Crippen molar-refractivity contribution in [3.63, 3.8) is 0 Å². The van der Waals surface area contributed by atoms with Gasteiger partial charge in [0.1, 0.15) is 5.82 Å².